The van der Waals surface area contributed by atoms with E-state index in [1.807, 2.05) is 37.7 Å². The van der Waals surface area contributed by atoms with Crippen LogP contribution >= 0.6 is 0 Å². The molecule has 1 amide bonds. The number of rotatable bonds is 6. The van der Waals surface area contributed by atoms with E-state index in [0.717, 1.165) is 36.2 Å². The maximum atomic E-state index is 13.3. The molecule has 0 bridgehead atoms. The van der Waals surface area contributed by atoms with Gasteiger partial charge < -0.3 is 14.5 Å². The number of aryl methyl sites for hydroxylation is 1. The van der Waals surface area contributed by atoms with E-state index in [9.17, 15) is 14.4 Å². The number of carbonyl (C=O) groups is 1. The zero-order chi connectivity index (χ0) is 22.8. The minimum Gasteiger partial charge on any atom is -0.353 e. The average Bonchev–Trinajstić information content (AvgIpc) is 3.45. The fourth-order valence-corrected chi connectivity index (χ4v) is 4.63. The number of halogens is 1. The lowest BCUT2D eigenvalue weighted by atomic mass is 10.1. The number of nitriles is 1. The summed E-state index contributed by atoms with van der Waals surface area (Å²) in [4.78, 5) is 15.3. The van der Waals surface area contributed by atoms with Gasteiger partial charge in [-0.2, -0.15) is 5.26 Å². The third-order valence-corrected chi connectivity index (χ3v) is 6.49. The molecule has 1 aromatic carbocycles. The number of anilines is 1. The molecule has 32 heavy (non-hydrogen) atoms. The van der Waals surface area contributed by atoms with Crippen molar-refractivity contribution in [3.8, 4) is 6.07 Å². The van der Waals surface area contributed by atoms with Crippen molar-refractivity contribution in [1.29, 1.82) is 5.26 Å². The topological polar surface area (TPSA) is 66.0 Å². The SMILES string of the molecule is Cc1c(C#N)c(NC(=O)CN2CCC[C@H]2c2cccn2C)n(Cc2ccc(F)cc2)c1C. The molecular weight excluding hydrogens is 405 g/mol. The first-order valence-electron chi connectivity index (χ1n) is 10.9. The van der Waals surface area contributed by atoms with Crippen molar-refractivity contribution in [3.63, 3.8) is 0 Å². The van der Waals surface area contributed by atoms with Gasteiger partial charge in [0.15, 0.2) is 0 Å². The molecule has 0 aliphatic carbocycles. The van der Waals surface area contributed by atoms with Crippen LogP contribution in [0.25, 0.3) is 0 Å². The Balaban J connectivity index is 1.56. The molecule has 3 aromatic rings. The monoisotopic (exact) mass is 433 g/mol. The summed E-state index contributed by atoms with van der Waals surface area (Å²) >= 11 is 0. The van der Waals surface area contributed by atoms with Gasteiger partial charge in [-0.1, -0.05) is 12.1 Å². The van der Waals surface area contributed by atoms with Gasteiger partial charge in [0.05, 0.1) is 18.2 Å². The number of nitrogens with zero attached hydrogens (tertiary/aromatic N) is 4. The standard InChI is InChI=1S/C25H28FN5O/c1-17-18(2)31(15-19-8-10-20(26)11-9-19)25(21(17)14-27)28-24(32)16-30-13-5-7-23(30)22-6-4-12-29(22)3/h4,6,8-12,23H,5,7,13,15-16H2,1-3H3,(H,28,32)/t23-/m0/s1. The fraction of sp³-hybridized carbons (Fsp3) is 0.360. The molecule has 1 aliphatic rings. The Morgan fingerprint density at radius 3 is 2.66 bits per heavy atom. The quantitative estimate of drug-likeness (QED) is 0.631. The summed E-state index contributed by atoms with van der Waals surface area (Å²) in [5.74, 6) is 0.0747. The fourth-order valence-electron chi connectivity index (χ4n) is 4.63. The van der Waals surface area contributed by atoms with Crippen LogP contribution in [-0.4, -0.2) is 33.0 Å². The Morgan fingerprint density at radius 2 is 2.00 bits per heavy atom. The van der Waals surface area contributed by atoms with E-state index in [1.54, 1.807) is 12.1 Å². The molecule has 0 spiro atoms. The smallest absolute Gasteiger partial charge is 0.239 e. The van der Waals surface area contributed by atoms with Gasteiger partial charge in [0, 0.05) is 31.2 Å². The minimum atomic E-state index is -0.293. The van der Waals surface area contributed by atoms with Crippen molar-refractivity contribution in [2.24, 2.45) is 7.05 Å². The summed E-state index contributed by atoms with van der Waals surface area (Å²) in [6, 6.07) is 12.9. The molecular formula is C25H28FN5O. The molecule has 1 saturated heterocycles. The normalized spacial score (nSPS) is 16.3. The van der Waals surface area contributed by atoms with E-state index in [4.69, 9.17) is 0 Å². The molecule has 2 aromatic heterocycles. The number of hydrogen-bond acceptors (Lipinski definition) is 3. The highest BCUT2D eigenvalue weighted by molar-refractivity contribution is 5.93. The Morgan fingerprint density at radius 1 is 1.25 bits per heavy atom. The largest absolute Gasteiger partial charge is 0.353 e. The van der Waals surface area contributed by atoms with Crippen LogP contribution in [-0.2, 0) is 18.4 Å². The second kappa shape index (κ2) is 9.01. The molecule has 1 fully saturated rings. The Hall–Kier alpha value is -3.37. The van der Waals surface area contributed by atoms with Gasteiger partial charge in [-0.3, -0.25) is 9.69 Å². The molecule has 0 radical (unpaired) electrons. The molecule has 7 heteroatoms. The molecule has 4 rings (SSSR count). The highest BCUT2D eigenvalue weighted by Gasteiger charge is 2.29. The van der Waals surface area contributed by atoms with Crippen molar-refractivity contribution < 1.29 is 9.18 Å². The predicted molar refractivity (Wildman–Crippen MR) is 122 cm³/mol. The summed E-state index contributed by atoms with van der Waals surface area (Å²) in [5.41, 5.74) is 4.32. The number of likely N-dealkylation sites (tertiary alicyclic amines) is 1. The zero-order valence-corrected chi connectivity index (χ0v) is 18.7. The molecule has 3 heterocycles. The van der Waals surface area contributed by atoms with E-state index in [2.05, 4.69) is 26.9 Å². The number of benzene rings is 1. The lowest BCUT2D eigenvalue weighted by Crippen LogP contribution is -2.34. The van der Waals surface area contributed by atoms with Crippen molar-refractivity contribution in [2.75, 3.05) is 18.4 Å². The Labute approximate surface area is 187 Å². The van der Waals surface area contributed by atoms with Crippen LogP contribution in [0.4, 0.5) is 10.2 Å². The number of aromatic nitrogens is 2. The van der Waals surface area contributed by atoms with Crippen LogP contribution in [0.5, 0.6) is 0 Å². The third kappa shape index (κ3) is 4.19. The van der Waals surface area contributed by atoms with E-state index in [0.29, 0.717) is 17.9 Å². The zero-order valence-electron chi connectivity index (χ0n) is 18.7. The summed E-state index contributed by atoms with van der Waals surface area (Å²) in [5, 5.41) is 12.8. The maximum absolute atomic E-state index is 13.3. The summed E-state index contributed by atoms with van der Waals surface area (Å²) in [6.45, 7) is 5.39. The highest BCUT2D eigenvalue weighted by atomic mass is 19.1. The van der Waals surface area contributed by atoms with Gasteiger partial charge in [0.25, 0.3) is 0 Å². The lowest BCUT2D eigenvalue weighted by molar-refractivity contribution is -0.117. The van der Waals surface area contributed by atoms with Gasteiger partial charge in [-0.05, 0) is 68.6 Å². The van der Waals surface area contributed by atoms with Crippen LogP contribution in [0, 0.1) is 31.0 Å². The average molecular weight is 434 g/mol. The van der Waals surface area contributed by atoms with Crippen molar-refractivity contribution in [2.45, 2.75) is 39.3 Å². The Kier molecular flexibility index (Phi) is 6.15. The van der Waals surface area contributed by atoms with Crippen molar-refractivity contribution in [1.82, 2.24) is 14.0 Å². The first-order valence-corrected chi connectivity index (χ1v) is 10.9. The molecule has 166 valence electrons. The van der Waals surface area contributed by atoms with Crippen LogP contribution in [0.3, 0.4) is 0 Å². The van der Waals surface area contributed by atoms with Gasteiger partial charge in [0.2, 0.25) is 5.91 Å². The van der Waals surface area contributed by atoms with Crippen molar-refractivity contribution >= 4 is 11.7 Å². The van der Waals surface area contributed by atoms with Gasteiger partial charge in [-0.25, -0.2) is 4.39 Å². The van der Waals surface area contributed by atoms with E-state index < -0.39 is 0 Å². The van der Waals surface area contributed by atoms with Gasteiger partial charge >= 0.3 is 0 Å². The number of carbonyl (C=O) groups excluding carboxylic acids is 1. The summed E-state index contributed by atoms with van der Waals surface area (Å²) in [6.07, 6.45) is 4.10. The number of amides is 1. The molecule has 0 saturated carbocycles. The van der Waals surface area contributed by atoms with Crippen molar-refractivity contribution in [3.05, 3.63) is 76.5 Å². The van der Waals surface area contributed by atoms with Crippen LogP contribution in [0.2, 0.25) is 0 Å². The van der Waals surface area contributed by atoms with Crippen LogP contribution in [0.15, 0.2) is 42.6 Å². The molecule has 1 N–H and O–H groups in total. The third-order valence-electron chi connectivity index (χ3n) is 6.49. The lowest BCUT2D eigenvalue weighted by Gasteiger charge is -2.24. The summed E-state index contributed by atoms with van der Waals surface area (Å²) in [7, 11) is 2.03. The maximum Gasteiger partial charge on any atom is 0.239 e. The highest BCUT2D eigenvalue weighted by Crippen LogP contribution is 2.32. The van der Waals surface area contributed by atoms with Gasteiger partial charge in [0.1, 0.15) is 17.7 Å². The van der Waals surface area contributed by atoms with E-state index in [-0.39, 0.29) is 24.3 Å². The second-order valence-electron chi connectivity index (χ2n) is 8.48. The van der Waals surface area contributed by atoms with Crippen LogP contribution in [0.1, 0.15) is 47.0 Å². The molecule has 6 nitrogen and oxygen atoms in total. The van der Waals surface area contributed by atoms with E-state index >= 15 is 0 Å². The first-order chi connectivity index (χ1) is 15.4. The second-order valence-corrected chi connectivity index (χ2v) is 8.48. The van der Waals surface area contributed by atoms with E-state index in [1.165, 1.54) is 17.8 Å². The summed E-state index contributed by atoms with van der Waals surface area (Å²) < 4.78 is 17.4. The molecule has 0 unspecified atom stereocenters. The number of hydrogen-bond donors (Lipinski definition) is 1. The van der Waals surface area contributed by atoms with Gasteiger partial charge in [-0.15, -0.1) is 0 Å². The first kappa shape index (κ1) is 21.8. The molecule has 1 atom stereocenters. The predicted octanol–water partition coefficient (Wildman–Crippen LogP) is 4.28. The molecule has 1 aliphatic heterocycles. The minimum absolute atomic E-state index is 0.138. The number of nitrogens with one attached hydrogen (secondary N) is 1. The Bertz CT molecular complexity index is 1170. The van der Waals surface area contributed by atoms with Crippen LogP contribution < -0.4 is 5.32 Å².